The lowest BCUT2D eigenvalue weighted by molar-refractivity contribution is 0.458. The zero-order valence-electron chi connectivity index (χ0n) is 8.65. The molecule has 1 aromatic rings. The van der Waals surface area contributed by atoms with Gasteiger partial charge in [-0.25, -0.2) is 0 Å². The molecule has 0 unspecified atom stereocenters. The summed E-state index contributed by atoms with van der Waals surface area (Å²) in [7, 11) is 0. The summed E-state index contributed by atoms with van der Waals surface area (Å²) in [4.78, 5) is 6.26. The van der Waals surface area contributed by atoms with Gasteiger partial charge in [-0.05, 0) is 25.1 Å². The van der Waals surface area contributed by atoms with Crippen molar-refractivity contribution in [3.05, 3.63) is 47.3 Å². The first-order valence-corrected chi connectivity index (χ1v) is 5.42. The van der Waals surface area contributed by atoms with Gasteiger partial charge in [0.1, 0.15) is 0 Å². The van der Waals surface area contributed by atoms with Gasteiger partial charge in [0, 0.05) is 31.0 Å². The Morgan fingerprint density at radius 1 is 1.40 bits per heavy atom. The van der Waals surface area contributed by atoms with E-state index in [4.69, 9.17) is 11.6 Å². The van der Waals surface area contributed by atoms with Gasteiger partial charge < -0.3 is 4.90 Å². The standard InChI is InChI=1S/C12H13ClN2/c1-2-15-9-3-4-11(13)12(15)10-5-7-14-8-6-10/h3-8H,2,9H2,1H3. The van der Waals surface area contributed by atoms with Crippen LogP contribution in [0.2, 0.25) is 0 Å². The molecule has 3 heteroatoms. The molecule has 0 bridgehead atoms. The molecule has 78 valence electrons. The van der Waals surface area contributed by atoms with Crippen molar-refractivity contribution in [3.63, 3.8) is 0 Å². The third-order valence-electron chi connectivity index (χ3n) is 2.47. The SMILES string of the molecule is CCN1CC=CC(Cl)=C1c1ccncc1. The first-order chi connectivity index (χ1) is 7.33. The minimum Gasteiger partial charge on any atom is -0.366 e. The van der Waals surface area contributed by atoms with E-state index in [-0.39, 0.29) is 0 Å². The van der Waals surface area contributed by atoms with Gasteiger partial charge in [-0.15, -0.1) is 0 Å². The van der Waals surface area contributed by atoms with Crippen molar-refractivity contribution in [1.29, 1.82) is 0 Å². The quantitative estimate of drug-likeness (QED) is 0.762. The summed E-state index contributed by atoms with van der Waals surface area (Å²) >= 11 is 6.22. The van der Waals surface area contributed by atoms with Crippen LogP contribution < -0.4 is 0 Å². The van der Waals surface area contributed by atoms with Gasteiger partial charge >= 0.3 is 0 Å². The molecule has 0 saturated heterocycles. The number of aromatic nitrogens is 1. The van der Waals surface area contributed by atoms with Crippen LogP contribution in [-0.2, 0) is 0 Å². The third kappa shape index (κ3) is 2.05. The molecule has 0 N–H and O–H groups in total. The van der Waals surface area contributed by atoms with Crippen molar-refractivity contribution in [2.45, 2.75) is 6.92 Å². The molecular weight excluding hydrogens is 208 g/mol. The Kier molecular flexibility index (Phi) is 3.07. The first-order valence-electron chi connectivity index (χ1n) is 5.04. The Morgan fingerprint density at radius 2 is 2.13 bits per heavy atom. The fourth-order valence-corrected chi connectivity index (χ4v) is 2.04. The van der Waals surface area contributed by atoms with Gasteiger partial charge in [0.15, 0.2) is 0 Å². The molecule has 1 aliphatic heterocycles. The van der Waals surface area contributed by atoms with E-state index in [1.165, 1.54) is 0 Å². The van der Waals surface area contributed by atoms with E-state index < -0.39 is 0 Å². The highest BCUT2D eigenvalue weighted by atomic mass is 35.5. The lowest BCUT2D eigenvalue weighted by atomic mass is 10.1. The normalized spacial score (nSPS) is 16.0. The molecule has 2 nitrogen and oxygen atoms in total. The summed E-state index contributed by atoms with van der Waals surface area (Å²) in [6, 6.07) is 3.97. The average molecular weight is 221 g/mol. The fraction of sp³-hybridized carbons (Fsp3) is 0.250. The van der Waals surface area contributed by atoms with E-state index in [2.05, 4.69) is 22.9 Å². The van der Waals surface area contributed by atoms with Crippen molar-refractivity contribution < 1.29 is 0 Å². The Labute approximate surface area is 94.9 Å². The number of hydrogen-bond acceptors (Lipinski definition) is 2. The molecule has 0 aromatic carbocycles. The highest BCUT2D eigenvalue weighted by molar-refractivity contribution is 6.34. The number of hydrogen-bond donors (Lipinski definition) is 0. The van der Waals surface area contributed by atoms with Gasteiger partial charge in [-0.1, -0.05) is 17.7 Å². The van der Waals surface area contributed by atoms with Gasteiger partial charge in [-0.3, -0.25) is 4.98 Å². The van der Waals surface area contributed by atoms with Crippen molar-refractivity contribution in [2.24, 2.45) is 0 Å². The summed E-state index contributed by atoms with van der Waals surface area (Å²) < 4.78 is 0. The van der Waals surface area contributed by atoms with Crippen molar-refractivity contribution in [2.75, 3.05) is 13.1 Å². The Bertz CT molecular complexity index is 395. The second-order valence-corrected chi connectivity index (χ2v) is 3.78. The van der Waals surface area contributed by atoms with Crippen LogP contribution in [0.15, 0.2) is 41.7 Å². The molecule has 0 fully saturated rings. The van der Waals surface area contributed by atoms with E-state index in [1.807, 2.05) is 18.2 Å². The van der Waals surface area contributed by atoms with Crippen LogP contribution >= 0.6 is 11.6 Å². The van der Waals surface area contributed by atoms with Gasteiger partial charge in [-0.2, -0.15) is 0 Å². The van der Waals surface area contributed by atoms with E-state index in [1.54, 1.807) is 12.4 Å². The molecule has 0 amide bonds. The first kappa shape index (κ1) is 10.2. The highest BCUT2D eigenvalue weighted by Gasteiger charge is 2.15. The predicted octanol–water partition coefficient (Wildman–Crippen LogP) is 2.88. The molecule has 1 aliphatic rings. The van der Waals surface area contributed by atoms with Crippen LogP contribution in [0.25, 0.3) is 5.70 Å². The average Bonchev–Trinajstić information content (AvgIpc) is 2.29. The summed E-state index contributed by atoms with van der Waals surface area (Å²) in [6.07, 6.45) is 7.62. The topological polar surface area (TPSA) is 16.1 Å². The molecule has 0 aliphatic carbocycles. The molecule has 0 spiro atoms. The van der Waals surface area contributed by atoms with Crippen molar-refractivity contribution >= 4 is 17.3 Å². The van der Waals surface area contributed by atoms with E-state index in [0.29, 0.717) is 0 Å². The molecule has 0 saturated carbocycles. The van der Waals surface area contributed by atoms with Crippen LogP contribution in [0.5, 0.6) is 0 Å². The molecule has 15 heavy (non-hydrogen) atoms. The van der Waals surface area contributed by atoms with Crippen molar-refractivity contribution in [1.82, 2.24) is 9.88 Å². The number of nitrogens with zero attached hydrogens (tertiary/aromatic N) is 2. The molecule has 2 heterocycles. The van der Waals surface area contributed by atoms with Crippen LogP contribution in [-0.4, -0.2) is 23.0 Å². The predicted molar refractivity (Wildman–Crippen MR) is 63.4 cm³/mol. The molecule has 2 rings (SSSR count). The lowest BCUT2D eigenvalue weighted by Gasteiger charge is -2.28. The fourth-order valence-electron chi connectivity index (χ4n) is 1.72. The zero-order valence-corrected chi connectivity index (χ0v) is 9.41. The number of rotatable bonds is 2. The zero-order chi connectivity index (χ0) is 10.7. The minimum absolute atomic E-state index is 0.800. The number of halogens is 1. The third-order valence-corrected chi connectivity index (χ3v) is 2.77. The smallest absolute Gasteiger partial charge is 0.0643 e. The maximum Gasteiger partial charge on any atom is 0.0643 e. The molecule has 0 radical (unpaired) electrons. The Balaban J connectivity index is 2.44. The maximum absolute atomic E-state index is 6.22. The van der Waals surface area contributed by atoms with E-state index >= 15 is 0 Å². The van der Waals surface area contributed by atoms with E-state index in [9.17, 15) is 0 Å². The highest BCUT2D eigenvalue weighted by Crippen LogP contribution is 2.28. The van der Waals surface area contributed by atoms with Crippen LogP contribution in [0, 0.1) is 0 Å². The maximum atomic E-state index is 6.22. The number of likely N-dealkylation sites (N-methyl/N-ethyl adjacent to an activating group) is 1. The summed E-state index contributed by atoms with van der Waals surface area (Å²) in [5.74, 6) is 0. The summed E-state index contributed by atoms with van der Waals surface area (Å²) in [5, 5.41) is 0.800. The molecular formula is C12H13ClN2. The number of pyridine rings is 1. The van der Waals surface area contributed by atoms with E-state index in [0.717, 1.165) is 29.4 Å². The Morgan fingerprint density at radius 3 is 2.80 bits per heavy atom. The molecule has 1 aromatic heterocycles. The van der Waals surface area contributed by atoms with Crippen LogP contribution in [0.3, 0.4) is 0 Å². The van der Waals surface area contributed by atoms with Crippen molar-refractivity contribution in [3.8, 4) is 0 Å². The van der Waals surface area contributed by atoms with Gasteiger partial charge in [0.25, 0.3) is 0 Å². The lowest BCUT2D eigenvalue weighted by Crippen LogP contribution is -2.24. The monoisotopic (exact) mass is 220 g/mol. The van der Waals surface area contributed by atoms with Gasteiger partial charge in [0.2, 0.25) is 0 Å². The minimum atomic E-state index is 0.800. The molecule has 0 atom stereocenters. The van der Waals surface area contributed by atoms with Gasteiger partial charge in [0.05, 0.1) is 10.7 Å². The summed E-state index contributed by atoms with van der Waals surface area (Å²) in [6.45, 7) is 4.01. The summed E-state index contributed by atoms with van der Waals surface area (Å²) in [5.41, 5.74) is 2.23. The second-order valence-electron chi connectivity index (χ2n) is 3.37. The second kappa shape index (κ2) is 4.49. The van der Waals surface area contributed by atoms with Crippen LogP contribution in [0.1, 0.15) is 12.5 Å². The number of allylic oxidation sites excluding steroid dienone is 2. The van der Waals surface area contributed by atoms with Crippen LogP contribution in [0.4, 0.5) is 0 Å². The largest absolute Gasteiger partial charge is 0.366 e. The Hall–Kier alpha value is -1.28.